The first-order valence-corrected chi connectivity index (χ1v) is 26.0. The van der Waals surface area contributed by atoms with Crippen LogP contribution in [0.4, 0.5) is 30.2 Å². The maximum absolute atomic E-state index is 15.1. The van der Waals surface area contributed by atoms with Crippen molar-refractivity contribution in [1.29, 1.82) is 0 Å². The Balaban J connectivity index is 0.00000328. The Hall–Kier alpha value is -5.35. The fourth-order valence-corrected chi connectivity index (χ4v) is 11.2. The molecule has 0 aromatic heterocycles. The summed E-state index contributed by atoms with van der Waals surface area (Å²) in [6.07, 6.45) is 1.38. The number of morpholine rings is 1. The average molecular weight is 1150 g/mol. The molecule has 5 aliphatic heterocycles. The van der Waals surface area contributed by atoms with Gasteiger partial charge in [0, 0.05) is 82.0 Å². The predicted molar refractivity (Wildman–Crippen MR) is 299 cm³/mol. The van der Waals surface area contributed by atoms with Crippen molar-refractivity contribution in [2.24, 2.45) is 5.92 Å². The Labute approximate surface area is 472 Å². The summed E-state index contributed by atoms with van der Waals surface area (Å²) >= 11 is 0. The number of hydrogen-bond donors (Lipinski definition) is 5. The minimum Gasteiger partial charge on any atom is -0.381 e. The minimum absolute atomic E-state index is 0. The first kappa shape index (κ1) is 61.9. The molecule has 78 heavy (non-hydrogen) atoms. The molecule has 0 spiro atoms. The van der Waals surface area contributed by atoms with Crippen LogP contribution in [0, 0.1) is 23.4 Å². The molecule has 0 saturated carbocycles. The number of halogens is 6. The van der Waals surface area contributed by atoms with E-state index in [1.807, 2.05) is 18.2 Å². The summed E-state index contributed by atoms with van der Waals surface area (Å²) in [5.41, 5.74) is 2.10. The second-order valence-corrected chi connectivity index (χ2v) is 21.0. The van der Waals surface area contributed by atoms with E-state index in [0.717, 1.165) is 36.3 Å². The van der Waals surface area contributed by atoms with Gasteiger partial charge in [0.1, 0.15) is 35.2 Å². The van der Waals surface area contributed by atoms with Crippen LogP contribution in [0.2, 0.25) is 0 Å². The molecule has 5 N–H and O–H groups in total. The van der Waals surface area contributed by atoms with E-state index in [4.69, 9.17) is 9.47 Å². The van der Waals surface area contributed by atoms with Crippen LogP contribution in [0.3, 0.4) is 0 Å². The number of piperazine rings is 1. The number of fused-ring (bicyclic) bond motifs is 2. The molecule has 9 rings (SSSR count). The van der Waals surface area contributed by atoms with Gasteiger partial charge in [-0.15, -0.1) is 37.2 Å². The Bertz CT molecular complexity index is 2780. The Morgan fingerprint density at radius 3 is 2.24 bits per heavy atom. The van der Waals surface area contributed by atoms with E-state index in [9.17, 15) is 23.6 Å². The smallest absolute Gasteiger partial charge is 0.252 e. The summed E-state index contributed by atoms with van der Waals surface area (Å²) in [7, 11) is 1.62. The van der Waals surface area contributed by atoms with Crippen molar-refractivity contribution in [2.45, 2.75) is 95.2 Å². The second-order valence-electron chi connectivity index (χ2n) is 21.0. The van der Waals surface area contributed by atoms with E-state index >= 15 is 13.6 Å². The zero-order chi connectivity index (χ0) is 53.1. The van der Waals surface area contributed by atoms with E-state index < -0.39 is 64.5 Å². The van der Waals surface area contributed by atoms with Gasteiger partial charge in [0.25, 0.3) is 5.91 Å². The normalized spacial score (nSPS) is 23.1. The zero-order valence-corrected chi connectivity index (χ0v) is 46.9. The largest absolute Gasteiger partial charge is 0.381 e. The number of carbonyl (C=O) groups is 5. The standard InChI is InChI=1S/C56H68F3N9O7.3ClH/c1-33-27-66(42(26-61-33)29-65-19-22-75-31-34(65)2)30-48(69)68-32-56(4,44-16-11-37(24-47(44)68)23-36-9-13-40(57)14-10-36)55(73)62-41-15-12-39-28-67(51(43(39)25-41)53(71)64-50-45(58)7-6-8-46(50)59)54(72)49(38-17-20-74-21-18-38)63-52(70)35(3)60-5;;;/h6-16,24-25,33-35,38,42,49,51,60-61H,17-23,26-32H2,1-5H3,(H,62,73)(H,63,70)(H,64,71);3*1H/t33-,34?,35?,42-,49?,51?,56?;;;/m1.../s1. The SMILES string of the molecule is CNC(C)C(=O)NC(C(=O)N1Cc2ccc(NC(=O)C3(C)CN(C(=O)CN4C[C@@H](C)NC[C@@H]4CN4CCOCC4C)c4cc(Cc5ccc(F)cc5)ccc43)cc2C1C(=O)Nc1c(F)cccc1F)C1CCOCC1.Cl.Cl.Cl. The topological polar surface area (TPSA) is 177 Å². The highest BCUT2D eigenvalue weighted by Crippen LogP contribution is 2.44. The summed E-state index contributed by atoms with van der Waals surface area (Å²) < 4.78 is 55.5. The molecule has 22 heteroatoms. The lowest BCUT2D eigenvalue weighted by molar-refractivity contribution is -0.144. The number of likely N-dealkylation sites (N-methyl/N-ethyl adjacent to an activating group) is 1. The van der Waals surface area contributed by atoms with E-state index in [1.165, 1.54) is 23.1 Å². The number of hydrogen-bond acceptors (Lipinski definition) is 11. The van der Waals surface area contributed by atoms with E-state index in [2.05, 4.69) is 50.2 Å². The molecule has 5 amide bonds. The highest BCUT2D eigenvalue weighted by atomic mass is 35.5. The number of nitrogens with one attached hydrogen (secondary N) is 5. The van der Waals surface area contributed by atoms with E-state index in [-0.39, 0.29) is 98.3 Å². The Morgan fingerprint density at radius 2 is 1.55 bits per heavy atom. The lowest BCUT2D eigenvalue weighted by Gasteiger charge is -2.43. The van der Waals surface area contributed by atoms with Crippen LogP contribution >= 0.6 is 37.2 Å². The van der Waals surface area contributed by atoms with Gasteiger partial charge < -0.3 is 45.9 Å². The van der Waals surface area contributed by atoms with Crippen LogP contribution in [0.15, 0.2) is 78.9 Å². The van der Waals surface area contributed by atoms with Crippen LogP contribution in [-0.4, -0.2) is 147 Å². The van der Waals surface area contributed by atoms with Crippen LogP contribution in [0.5, 0.6) is 0 Å². The van der Waals surface area contributed by atoms with Crippen molar-refractivity contribution in [1.82, 2.24) is 30.7 Å². The molecule has 424 valence electrons. The minimum atomic E-state index is -1.44. The molecule has 0 radical (unpaired) electrons. The molecule has 5 heterocycles. The van der Waals surface area contributed by atoms with Gasteiger partial charge in [0.2, 0.25) is 23.6 Å². The molecule has 3 saturated heterocycles. The fourth-order valence-electron chi connectivity index (χ4n) is 11.2. The van der Waals surface area contributed by atoms with Crippen molar-refractivity contribution < 1.29 is 46.6 Å². The first-order chi connectivity index (χ1) is 36.0. The molecule has 3 fully saturated rings. The summed E-state index contributed by atoms with van der Waals surface area (Å²) in [6, 6.07) is 17.4. The molecule has 4 aromatic carbocycles. The summed E-state index contributed by atoms with van der Waals surface area (Å²) in [5, 5.41) is 14.9. The maximum Gasteiger partial charge on any atom is 0.252 e. The number of ether oxygens (including phenoxy) is 2. The lowest BCUT2D eigenvalue weighted by atomic mass is 9.82. The van der Waals surface area contributed by atoms with Gasteiger partial charge in [-0.2, -0.15) is 0 Å². The zero-order valence-electron chi connectivity index (χ0n) is 44.5. The van der Waals surface area contributed by atoms with E-state index in [0.29, 0.717) is 81.2 Å². The molecular weight excluding hydrogens is 1070 g/mol. The molecule has 16 nitrogen and oxygen atoms in total. The fraction of sp³-hybridized carbons (Fsp3) is 0.482. The molecule has 5 unspecified atom stereocenters. The number of anilines is 3. The third-order valence-electron chi connectivity index (χ3n) is 15.8. The van der Waals surface area contributed by atoms with Gasteiger partial charge in [0.05, 0.1) is 31.2 Å². The summed E-state index contributed by atoms with van der Waals surface area (Å²) in [6.45, 7) is 12.7. The van der Waals surface area contributed by atoms with Gasteiger partial charge in [-0.1, -0.05) is 36.4 Å². The van der Waals surface area contributed by atoms with Crippen molar-refractivity contribution >= 4 is 83.8 Å². The molecule has 5 aliphatic rings. The van der Waals surface area contributed by atoms with E-state index in [1.54, 1.807) is 56.1 Å². The number of para-hydroxylation sites is 1. The number of nitrogens with zero attached hydrogens (tertiary/aromatic N) is 4. The summed E-state index contributed by atoms with van der Waals surface area (Å²) in [4.78, 5) is 80.5. The number of carbonyl (C=O) groups excluding carboxylic acids is 5. The van der Waals surface area contributed by atoms with Gasteiger partial charge in [-0.3, -0.25) is 33.8 Å². The maximum atomic E-state index is 15.1. The molecule has 0 aliphatic carbocycles. The summed E-state index contributed by atoms with van der Waals surface area (Å²) in [5.74, 6) is -5.22. The van der Waals surface area contributed by atoms with Gasteiger partial charge in [-0.05, 0) is 130 Å². The highest BCUT2D eigenvalue weighted by molar-refractivity contribution is 6.07. The second kappa shape index (κ2) is 26.7. The van der Waals surface area contributed by atoms with Crippen LogP contribution in [0.25, 0.3) is 0 Å². The molecule has 7 atom stereocenters. The quantitative estimate of drug-likeness (QED) is 0.0927. The van der Waals surface area contributed by atoms with Crippen molar-refractivity contribution in [3.63, 3.8) is 0 Å². The third-order valence-corrected chi connectivity index (χ3v) is 15.8. The monoisotopic (exact) mass is 1140 g/mol. The molecular formula is C56H71Cl3F3N9O7. The predicted octanol–water partition coefficient (Wildman–Crippen LogP) is 6.13. The van der Waals surface area contributed by atoms with Crippen molar-refractivity contribution in [3.05, 3.63) is 124 Å². The lowest BCUT2D eigenvalue weighted by Crippen LogP contribution is -2.62. The van der Waals surface area contributed by atoms with Crippen molar-refractivity contribution in [2.75, 3.05) is 88.3 Å². The van der Waals surface area contributed by atoms with Crippen LogP contribution in [-0.2, 0) is 51.8 Å². The van der Waals surface area contributed by atoms with Gasteiger partial charge in [0.15, 0.2) is 0 Å². The van der Waals surface area contributed by atoms with Crippen LogP contribution in [0.1, 0.15) is 74.4 Å². The number of rotatable bonds is 15. The average Bonchev–Trinajstić information content (AvgIpc) is 4.06. The van der Waals surface area contributed by atoms with Crippen molar-refractivity contribution in [3.8, 4) is 0 Å². The Morgan fingerprint density at radius 1 is 0.846 bits per heavy atom. The Kier molecular flexibility index (Phi) is 21.2. The highest BCUT2D eigenvalue weighted by Gasteiger charge is 2.49. The van der Waals surface area contributed by atoms with Gasteiger partial charge in [-0.25, -0.2) is 13.2 Å². The number of benzene rings is 4. The first-order valence-electron chi connectivity index (χ1n) is 26.0. The molecule has 0 bridgehead atoms. The van der Waals surface area contributed by atoms with Crippen LogP contribution < -0.4 is 31.5 Å². The number of amides is 5. The van der Waals surface area contributed by atoms with Gasteiger partial charge >= 0.3 is 0 Å². The third kappa shape index (κ3) is 13.4. The molecule has 4 aromatic rings.